The first-order valence-electron chi connectivity index (χ1n) is 15.6. The third kappa shape index (κ3) is 39.5. The first-order chi connectivity index (χ1) is 16.8. The molecule has 34 heavy (non-hydrogen) atoms. The Bertz CT molecular complexity index is 326. The van der Waals surface area contributed by atoms with Gasteiger partial charge in [-0.1, -0.05) is 186 Å². The highest BCUT2D eigenvalue weighted by Gasteiger charge is 1.94. The van der Waals surface area contributed by atoms with E-state index in [0.29, 0.717) is 0 Å². The van der Waals surface area contributed by atoms with Gasteiger partial charge in [0, 0.05) is 11.4 Å². The molecule has 0 saturated heterocycles. The third-order valence-corrected chi connectivity index (χ3v) is 7.25. The molecule has 0 unspecified atom stereocenters. The molecule has 206 valence electrons. The van der Waals surface area contributed by atoms with Crippen LogP contribution in [0, 0.1) is 0 Å². The van der Waals surface area contributed by atoms with E-state index < -0.39 is 0 Å². The quantitative estimate of drug-likeness (QED) is 0.0747. The van der Waals surface area contributed by atoms with Gasteiger partial charge >= 0.3 is 0 Å². The largest absolute Gasteiger partial charge is 0.127 e. The van der Waals surface area contributed by atoms with E-state index in [2.05, 4.69) is 19.9 Å². The van der Waals surface area contributed by atoms with Crippen molar-refractivity contribution in [3.8, 4) is 0 Å². The Kier molecular flexibility index (Phi) is 40.6. The van der Waals surface area contributed by atoms with Gasteiger partial charge in [-0.25, -0.2) is 0 Å². The van der Waals surface area contributed by atoms with Gasteiger partial charge in [0.25, 0.3) is 0 Å². The molecule has 0 bridgehead atoms. The van der Waals surface area contributed by atoms with E-state index in [1.165, 1.54) is 167 Å². The van der Waals surface area contributed by atoms with E-state index in [4.69, 9.17) is 23.2 Å². The summed E-state index contributed by atoms with van der Waals surface area (Å²) in [5, 5.41) is 0. The first-order valence-corrected chi connectivity index (χ1v) is 16.6. The van der Waals surface area contributed by atoms with E-state index in [-0.39, 0.29) is 0 Å². The molecule has 0 aromatic rings. The number of rotatable bonds is 27. The molecule has 0 aromatic carbocycles. The number of allylic oxidation sites excluding steroid dienone is 1. The maximum Gasteiger partial charge on any atom is 0.0223 e. The van der Waals surface area contributed by atoms with Crippen LogP contribution in [0.5, 0.6) is 0 Å². The number of halogens is 2. The summed E-state index contributed by atoms with van der Waals surface area (Å²) >= 11 is 11.1. The molecule has 0 aromatic heterocycles. The summed E-state index contributed by atoms with van der Waals surface area (Å²) in [6, 6.07) is 0. The van der Waals surface area contributed by atoms with Crippen molar-refractivity contribution in [2.75, 3.05) is 5.88 Å². The van der Waals surface area contributed by atoms with Gasteiger partial charge in [-0.05, 0) is 19.3 Å². The lowest BCUT2D eigenvalue weighted by Gasteiger charge is -2.02. The summed E-state index contributed by atoms with van der Waals surface area (Å²) in [7, 11) is 0. The summed E-state index contributed by atoms with van der Waals surface area (Å²) in [6.07, 6.45) is 40.1. The van der Waals surface area contributed by atoms with Crippen LogP contribution in [0.15, 0.2) is 11.6 Å². The van der Waals surface area contributed by atoms with Gasteiger partial charge in [0.15, 0.2) is 0 Å². The molecule has 0 aliphatic rings. The molecule has 0 N–H and O–H groups in total. The molecule has 0 saturated carbocycles. The molecule has 0 radical (unpaired) electrons. The lowest BCUT2D eigenvalue weighted by Crippen LogP contribution is -1.83. The molecule has 0 heterocycles. The van der Waals surface area contributed by atoms with Gasteiger partial charge in [-0.15, -0.1) is 11.6 Å². The first kappa shape index (κ1) is 36.5. The van der Waals surface area contributed by atoms with Crippen LogP contribution in [-0.2, 0) is 0 Å². The number of unbranched alkanes of at least 4 members (excludes halogenated alkanes) is 25. The minimum absolute atomic E-state index is 0.845. The van der Waals surface area contributed by atoms with Crippen molar-refractivity contribution in [3.63, 3.8) is 0 Å². The predicted octanol–water partition coefficient (Wildman–Crippen LogP) is 13.5. The Labute approximate surface area is 227 Å². The van der Waals surface area contributed by atoms with Crippen molar-refractivity contribution >= 4 is 23.2 Å². The Morgan fingerprint density at radius 3 is 0.912 bits per heavy atom. The van der Waals surface area contributed by atoms with Crippen LogP contribution in [0.3, 0.4) is 0 Å². The second-order valence-electron chi connectivity index (χ2n) is 10.3. The topological polar surface area (TPSA) is 0 Å². The number of alkyl halides is 1. The normalized spacial score (nSPS) is 11.2. The van der Waals surface area contributed by atoms with Crippen LogP contribution in [0.4, 0.5) is 0 Å². The standard InChI is InChI=1S/C16H33Cl.C16H31Cl/c2*1-2-3-4-5-6-7-8-9-10-11-12-13-14-15-16-17/h2-16H2,1H3;15-16H,2-14H2,1H3. The Hall–Kier alpha value is 0.320. The van der Waals surface area contributed by atoms with Crippen molar-refractivity contribution in [3.05, 3.63) is 11.6 Å². The third-order valence-electron chi connectivity index (χ3n) is 6.80. The van der Waals surface area contributed by atoms with Crippen LogP contribution in [0.2, 0.25) is 0 Å². The van der Waals surface area contributed by atoms with E-state index >= 15 is 0 Å². The summed E-state index contributed by atoms with van der Waals surface area (Å²) in [5.74, 6) is 0.845. The van der Waals surface area contributed by atoms with Gasteiger partial charge in [0.2, 0.25) is 0 Å². The smallest absolute Gasteiger partial charge is 0.0223 e. The summed E-state index contributed by atoms with van der Waals surface area (Å²) in [5.41, 5.74) is 1.64. The van der Waals surface area contributed by atoms with Crippen molar-refractivity contribution < 1.29 is 0 Å². The molecule has 2 heteroatoms. The van der Waals surface area contributed by atoms with Gasteiger partial charge in [0.05, 0.1) is 0 Å². The second-order valence-corrected chi connectivity index (χ2v) is 11.0. The fraction of sp³-hybridized carbons (Fsp3) is 0.938. The number of hydrogen-bond donors (Lipinski definition) is 0. The summed E-state index contributed by atoms with van der Waals surface area (Å²) < 4.78 is 0. The Morgan fingerprint density at radius 2 is 0.647 bits per heavy atom. The van der Waals surface area contributed by atoms with Crippen LogP contribution < -0.4 is 0 Å². The van der Waals surface area contributed by atoms with Crippen LogP contribution in [-0.4, -0.2) is 5.88 Å². The molecule has 0 rings (SSSR count). The monoisotopic (exact) mass is 518 g/mol. The highest BCUT2D eigenvalue weighted by Crippen LogP contribution is 2.14. The van der Waals surface area contributed by atoms with Gasteiger partial charge < -0.3 is 0 Å². The highest BCUT2D eigenvalue weighted by molar-refractivity contribution is 6.25. The van der Waals surface area contributed by atoms with E-state index in [1.54, 1.807) is 5.54 Å². The molecule has 0 amide bonds. The van der Waals surface area contributed by atoms with Crippen LogP contribution in [0.1, 0.15) is 187 Å². The average Bonchev–Trinajstić information content (AvgIpc) is 2.85. The van der Waals surface area contributed by atoms with Crippen molar-refractivity contribution in [1.82, 2.24) is 0 Å². The lowest BCUT2D eigenvalue weighted by molar-refractivity contribution is 0.538. The molecular weight excluding hydrogens is 455 g/mol. The zero-order valence-corrected chi connectivity index (χ0v) is 25.2. The minimum Gasteiger partial charge on any atom is -0.127 e. The fourth-order valence-corrected chi connectivity index (χ4v) is 4.77. The van der Waals surface area contributed by atoms with E-state index in [1.807, 2.05) is 0 Å². The minimum atomic E-state index is 0.845. The van der Waals surface area contributed by atoms with Crippen LogP contribution >= 0.6 is 23.2 Å². The molecular formula is C32H64Cl2. The molecule has 0 fully saturated rings. The predicted molar refractivity (Wildman–Crippen MR) is 162 cm³/mol. The van der Waals surface area contributed by atoms with Crippen molar-refractivity contribution in [2.45, 2.75) is 187 Å². The van der Waals surface area contributed by atoms with Gasteiger partial charge in [0.1, 0.15) is 0 Å². The molecule has 0 aliphatic heterocycles. The summed E-state index contributed by atoms with van der Waals surface area (Å²) in [6.45, 7) is 4.57. The van der Waals surface area contributed by atoms with Crippen molar-refractivity contribution in [1.29, 1.82) is 0 Å². The van der Waals surface area contributed by atoms with Crippen molar-refractivity contribution in [2.24, 2.45) is 0 Å². The maximum atomic E-state index is 5.64. The molecule has 0 atom stereocenters. The maximum absolute atomic E-state index is 5.64. The van der Waals surface area contributed by atoms with E-state index in [0.717, 1.165) is 12.3 Å². The molecule has 0 aliphatic carbocycles. The number of hydrogen-bond acceptors (Lipinski definition) is 0. The molecule has 0 nitrogen and oxygen atoms in total. The summed E-state index contributed by atoms with van der Waals surface area (Å²) in [4.78, 5) is 0. The lowest BCUT2D eigenvalue weighted by atomic mass is 10.0. The Balaban J connectivity index is 0. The highest BCUT2D eigenvalue weighted by atomic mass is 35.5. The van der Waals surface area contributed by atoms with Gasteiger partial charge in [-0.2, -0.15) is 0 Å². The zero-order chi connectivity index (χ0) is 25.2. The van der Waals surface area contributed by atoms with E-state index in [9.17, 15) is 0 Å². The Morgan fingerprint density at radius 1 is 0.382 bits per heavy atom. The fourth-order valence-electron chi connectivity index (χ4n) is 4.46. The molecule has 0 spiro atoms. The SMILES string of the molecule is CCCCCCCCCCCCCCC=CCl.CCCCCCCCCCCCCCCCCl. The van der Waals surface area contributed by atoms with Gasteiger partial charge in [-0.3, -0.25) is 0 Å². The second kappa shape index (κ2) is 37.9. The average molecular weight is 520 g/mol. The zero-order valence-electron chi connectivity index (χ0n) is 23.7. The van der Waals surface area contributed by atoms with Crippen LogP contribution in [0.25, 0.3) is 0 Å².